The van der Waals surface area contributed by atoms with Crippen molar-refractivity contribution >= 4 is 5.97 Å². The molecule has 1 aliphatic carbocycles. The molecular formula is C16H33N3O2. The van der Waals surface area contributed by atoms with Crippen molar-refractivity contribution in [1.82, 2.24) is 15.1 Å². The van der Waals surface area contributed by atoms with E-state index in [-0.39, 0.29) is 5.92 Å². The Bertz CT molecular complexity index is 323. The highest BCUT2D eigenvalue weighted by molar-refractivity contribution is 5.79. The zero-order chi connectivity index (χ0) is 15.9. The fourth-order valence-corrected chi connectivity index (χ4v) is 3.56. The van der Waals surface area contributed by atoms with Crippen molar-refractivity contribution in [3.63, 3.8) is 0 Å². The van der Waals surface area contributed by atoms with Crippen LogP contribution in [-0.2, 0) is 4.79 Å². The van der Waals surface area contributed by atoms with E-state index in [1.807, 2.05) is 0 Å². The first-order chi connectivity index (χ1) is 9.96. The number of rotatable bonds is 10. The summed E-state index contributed by atoms with van der Waals surface area (Å²) in [4.78, 5) is 16.3. The molecule has 0 radical (unpaired) electrons. The third kappa shape index (κ3) is 4.94. The summed E-state index contributed by atoms with van der Waals surface area (Å²) in [5, 5.41) is 12.7. The van der Waals surface area contributed by atoms with Crippen molar-refractivity contribution in [1.29, 1.82) is 0 Å². The molecule has 5 nitrogen and oxygen atoms in total. The van der Waals surface area contributed by atoms with Gasteiger partial charge in [0, 0.05) is 0 Å². The van der Waals surface area contributed by atoms with Crippen LogP contribution < -0.4 is 5.32 Å². The van der Waals surface area contributed by atoms with Crippen LogP contribution in [0.2, 0.25) is 0 Å². The van der Waals surface area contributed by atoms with E-state index in [4.69, 9.17) is 0 Å². The van der Waals surface area contributed by atoms with Gasteiger partial charge >= 0.3 is 5.97 Å². The molecule has 1 fully saturated rings. The summed E-state index contributed by atoms with van der Waals surface area (Å²) in [5.41, 5.74) is -0.691. The van der Waals surface area contributed by atoms with Crippen molar-refractivity contribution in [2.45, 2.75) is 44.6 Å². The van der Waals surface area contributed by atoms with E-state index in [0.29, 0.717) is 0 Å². The monoisotopic (exact) mass is 299 g/mol. The molecule has 0 aliphatic heterocycles. The zero-order valence-corrected chi connectivity index (χ0v) is 14.2. The van der Waals surface area contributed by atoms with Gasteiger partial charge in [-0.15, -0.1) is 0 Å². The molecule has 0 aromatic carbocycles. The number of carboxylic acid groups (broad SMARTS) is 1. The molecule has 0 bridgehead atoms. The molecule has 124 valence electrons. The number of hydrogen-bond acceptors (Lipinski definition) is 4. The quantitative estimate of drug-likeness (QED) is 0.640. The second-order valence-corrected chi connectivity index (χ2v) is 6.50. The minimum atomic E-state index is -0.691. The Kier molecular flexibility index (Phi) is 7.63. The molecular weight excluding hydrogens is 266 g/mol. The summed E-state index contributed by atoms with van der Waals surface area (Å²) >= 11 is 0. The maximum absolute atomic E-state index is 11.6. The number of nitrogens with one attached hydrogen (secondary N) is 1. The molecule has 1 aliphatic rings. The van der Waals surface area contributed by atoms with Crippen molar-refractivity contribution in [3.05, 3.63) is 0 Å². The topological polar surface area (TPSA) is 55.8 Å². The fourth-order valence-electron chi connectivity index (χ4n) is 3.56. The molecule has 1 saturated carbocycles. The Labute approximate surface area is 129 Å². The van der Waals surface area contributed by atoms with Crippen LogP contribution in [0.25, 0.3) is 0 Å². The smallest absolute Gasteiger partial charge is 0.324 e. The molecule has 0 amide bonds. The summed E-state index contributed by atoms with van der Waals surface area (Å²) in [6, 6.07) is 0. The van der Waals surface area contributed by atoms with E-state index in [0.717, 1.165) is 51.9 Å². The number of carboxylic acids is 1. The van der Waals surface area contributed by atoms with E-state index in [1.54, 1.807) is 7.05 Å². The van der Waals surface area contributed by atoms with Crippen LogP contribution in [0, 0.1) is 5.92 Å². The van der Waals surface area contributed by atoms with Crippen LogP contribution in [-0.4, -0.2) is 73.7 Å². The molecule has 0 aromatic rings. The Morgan fingerprint density at radius 2 is 2.05 bits per heavy atom. The van der Waals surface area contributed by atoms with Gasteiger partial charge in [0.25, 0.3) is 0 Å². The molecule has 0 heterocycles. The van der Waals surface area contributed by atoms with Gasteiger partial charge in [0.05, 0.1) is 0 Å². The van der Waals surface area contributed by atoms with Crippen molar-refractivity contribution in [3.8, 4) is 0 Å². The lowest BCUT2D eigenvalue weighted by molar-refractivity contribution is -0.146. The standard InChI is InChI=1S/C16H33N3O2/c1-5-19(12-7-11-18(3)4)13-9-14-8-6-10-16(14,17-2)15(20)21/h14,17H,5-13H2,1-4H3,(H,20,21). The predicted octanol–water partition coefficient (Wildman–Crippen LogP) is 1.49. The lowest BCUT2D eigenvalue weighted by atomic mass is 9.84. The number of nitrogens with zero attached hydrogens (tertiary/aromatic N) is 2. The SMILES string of the molecule is CCN(CCCN(C)C)CCC1CCCC1(NC)C(=O)O. The highest BCUT2D eigenvalue weighted by Gasteiger charge is 2.47. The molecule has 5 heteroatoms. The van der Waals surface area contributed by atoms with Gasteiger partial charge < -0.3 is 20.2 Å². The Morgan fingerprint density at radius 3 is 2.57 bits per heavy atom. The number of carbonyl (C=O) groups is 1. The molecule has 0 saturated heterocycles. The highest BCUT2D eigenvalue weighted by atomic mass is 16.4. The maximum Gasteiger partial charge on any atom is 0.324 e. The molecule has 2 unspecified atom stereocenters. The van der Waals surface area contributed by atoms with Crippen LogP contribution in [0.1, 0.15) is 39.0 Å². The Morgan fingerprint density at radius 1 is 1.33 bits per heavy atom. The van der Waals surface area contributed by atoms with E-state index in [9.17, 15) is 9.90 Å². The van der Waals surface area contributed by atoms with Gasteiger partial charge in [0.2, 0.25) is 0 Å². The van der Waals surface area contributed by atoms with E-state index >= 15 is 0 Å². The predicted molar refractivity (Wildman–Crippen MR) is 86.7 cm³/mol. The second kappa shape index (κ2) is 8.71. The van der Waals surface area contributed by atoms with Gasteiger partial charge in [-0.25, -0.2) is 0 Å². The lowest BCUT2D eigenvalue weighted by Gasteiger charge is -2.32. The van der Waals surface area contributed by atoms with Crippen LogP contribution in [0.4, 0.5) is 0 Å². The summed E-state index contributed by atoms with van der Waals surface area (Å²) in [6.45, 7) is 6.44. The third-order valence-electron chi connectivity index (χ3n) is 4.97. The van der Waals surface area contributed by atoms with Crippen LogP contribution in [0.3, 0.4) is 0 Å². The van der Waals surface area contributed by atoms with Crippen LogP contribution >= 0.6 is 0 Å². The summed E-state index contributed by atoms with van der Waals surface area (Å²) in [5.74, 6) is -0.425. The zero-order valence-electron chi connectivity index (χ0n) is 14.2. The first-order valence-electron chi connectivity index (χ1n) is 8.25. The molecule has 21 heavy (non-hydrogen) atoms. The first kappa shape index (κ1) is 18.4. The number of aliphatic carboxylic acids is 1. The minimum Gasteiger partial charge on any atom is -0.480 e. The molecule has 2 N–H and O–H groups in total. The van der Waals surface area contributed by atoms with Gasteiger partial charge in [-0.1, -0.05) is 13.3 Å². The third-order valence-corrected chi connectivity index (χ3v) is 4.97. The average Bonchev–Trinajstić information content (AvgIpc) is 2.86. The number of likely N-dealkylation sites (N-methyl/N-ethyl adjacent to an activating group) is 1. The second-order valence-electron chi connectivity index (χ2n) is 6.50. The van der Waals surface area contributed by atoms with Crippen molar-refractivity contribution in [2.24, 2.45) is 5.92 Å². The summed E-state index contributed by atoms with van der Waals surface area (Å²) in [7, 11) is 5.99. The van der Waals surface area contributed by atoms with Gasteiger partial charge in [-0.3, -0.25) is 4.79 Å². The summed E-state index contributed by atoms with van der Waals surface area (Å²) < 4.78 is 0. The average molecular weight is 299 g/mol. The van der Waals surface area contributed by atoms with Crippen molar-refractivity contribution < 1.29 is 9.90 Å². The Balaban J connectivity index is 2.46. The molecule has 0 spiro atoms. The van der Waals surface area contributed by atoms with Gasteiger partial charge in [0.1, 0.15) is 5.54 Å². The van der Waals surface area contributed by atoms with Crippen molar-refractivity contribution in [2.75, 3.05) is 47.3 Å². The number of hydrogen-bond donors (Lipinski definition) is 2. The summed E-state index contributed by atoms with van der Waals surface area (Å²) in [6.07, 6.45) is 4.95. The van der Waals surface area contributed by atoms with Gasteiger partial charge in [0.15, 0.2) is 0 Å². The lowest BCUT2D eigenvalue weighted by Crippen LogP contribution is -2.53. The fraction of sp³-hybridized carbons (Fsp3) is 0.938. The van der Waals surface area contributed by atoms with Gasteiger partial charge in [-0.05, 0) is 78.9 Å². The highest BCUT2D eigenvalue weighted by Crippen LogP contribution is 2.38. The maximum atomic E-state index is 11.6. The van der Waals surface area contributed by atoms with E-state index < -0.39 is 11.5 Å². The molecule has 1 rings (SSSR count). The van der Waals surface area contributed by atoms with Crippen LogP contribution in [0.15, 0.2) is 0 Å². The van der Waals surface area contributed by atoms with Crippen LogP contribution in [0.5, 0.6) is 0 Å². The first-order valence-corrected chi connectivity index (χ1v) is 8.25. The normalized spacial score (nSPS) is 25.9. The molecule has 2 atom stereocenters. The minimum absolute atomic E-state index is 0.253. The Hall–Kier alpha value is -0.650. The van der Waals surface area contributed by atoms with Gasteiger partial charge in [-0.2, -0.15) is 0 Å². The van der Waals surface area contributed by atoms with E-state index in [1.165, 1.54) is 6.42 Å². The van der Waals surface area contributed by atoms with E-state index in [2.05, 4.69) is 36.1 Å². The largest absolute Gasteiger partial charge is 0.480 e. The molecule has 0 aromatic heterocycles.